The maximum absolute atomic E-state index is 14.8. The minimum atomic E-state index is -0.734. The van der Waals surface area contributed by atoms with Crippen LogP contribution in [0.1, 0.15) is 40.0 Å². The third-order valence-corrected chi connectivity index (χ3v) is 8.74. The second kappa shape index (κ2) is 16.9. The van der Waals surface area contributed by atoms with Crippen LogP contribution < -0.4 is 4.74 Å². The van der Waals surface area contributed by atoms with Gasteiger partial charge in [0.25, 0.3) is 0 Å². The van der Waals surface area contributed by atoms with Crippen LogP contribution in [0.25, 0.3) is 0 Å². The smallest absolute Gasteiger partial charge is 0.129 e. The molecular formula is C39H28Br3F3O2. The summed E-state index contributed by atoms with van der Waals surface area (Å²) in [5.74, 6) is -0.261. The highest BCUT2D eigenvalue weighted by atomic mass is 79.9. The first kappa shape index (κ1) is 34.6. The SMILES string of the molecule is Fc1ccccc1C(OC(c1ccc(Br)cc1)c1ccccc1F)c1ccc(Br)cc1.Fc1ccccc1COc1ccc(Br)cc1. The molecule has 6 aromatic carbocycles. The van der Waals surface area contributed by atoms with Crippen molar-refractivity contribution < 1.29 is 22.6 Å². The molecule has 0 saturated heterocycles. The summed E-state index contributed by atoms with van der Waals surface area (Å²) >= 11 is 10.2. The number of rotatable bonds is 9. The highest BCUT2D eigenvalue weighted by molar-refractivity contribution is 9.11. The van der Waals surface area contributed by atoms with E-state index in [2.05, 4.69) is 47.8 Å². The van der Waals surface area contributed by atoms with Crippen molar-refractivity contribution in [1.29, 1.82) is 0 Å². The zero-order valence-electron chi connectivity index (χ0n) is 24.8. The van der Waals surface area contributed by atoms with E-state index in [0.29, 0.717) is 16.7 Å². The summed E-state index contributed by atoms with van der Waals surface area (Å²) in [6.45, 7) is 0.244. The van der Waals surface area contributed by atoms with Crippen LogP contribution in [0, 0.1) is 17.5 Å². The quantitative estimate of drug-likeness (QED) is 0.145. The Morgan fingerprint density at radius 1 is 0.447 bits per heavy atom. The molecule has 0 amide bonds. The Morgan fingerprint density at radius 3 is 1.26 bits per heavy atom. The van der Waals surface area contributed by atoms with Crippen LogP contribution in [0.2, 0.25) is 0 Å². The first-order chi connectivity index (χ1) is 22.8. The summed E-state index contributed by atoms with van der Waals surface area (Å²) in [6.07, 6.45) is -1.47. The highest BCUT2D eigenvalue weighted by Gasteiger charge is 2.27. The van der Waals surface area contributed by atoms with Crippen LogP contribution in [0.15, 0.2) is 159 Å². The molecule has 2 nitrogen and oxygen atoms in total. The summed E-state index contributed by atoms with van der Waals surface area (Å²) in [6, 6.07) is 42.1. The molecule has 2 atom stereocenters. The lowest BCUT2D eigenvalue weighted by Crippen LogP contribution is -2.15. The van der Waals surface area contributed by atoms with E-state index < -0.39 is 12.2 Å². The largest absolute Gasteiger partial charge is 0.489 e. The Labute approximate surface area is 297 Å². The molecule has 0 saturated carbocycles. The average Bonchev–Trinajstić information content (AvgIpc) is 3.08. The molecule has 238 valence electrons. The van der Waals surface area contributed by atoms with Crippen molar-refractivity contribution in [3.05, 3.63) is 204 Å². The predicted octanol–water partition coefficient (Wildman–Crippen LogP) is 12.6. The normalized spacial score (nSPS) is 12.0. The van der Waals surface area contributed by atoms with E-state index in [1.807, 2.05) is 72.8 Å². The van der Waals surface area contributed by atoms with Gasteiger partial charge in [0.05, 0.1) is 0 Å². The lowest BCUT2D eigenvalue weighted by molar-refractivity contribution is 0.0270. The van der Waals surface area contributed by atoms with Crippen LogP contribution in [-0.4, -0.2) is 0 Å². The fourth-order valence-corrected chi connectivity index (χ4v) is 5.55. The molecule has 0 bridgehead atoms. The maximum Gasteiger partial charge on any atom is 0.129 e. The molecule has 0 N–H and O–H groups in total. The molecule has 0 aliphatic rings. The number of halogens is 6. The van der Waals surface area contributed by atoms with Crippen molar-refractivity contribution in [3.63, 3.8) is 0 Å². The number of ether oxygens (including phenoxy) is 2. The Kier molecular flexibility index (Phi) is 12.5. The molecule has 0 fully saturated rings. The molecule has 0 aliphatic carbocycles. The van der Waals surface area contributed by atoms with Crippen molar-refractivity contribution >= 4 is 47.8 Å². The van der Waals surface area contributed by atoms with Gasteiger partial charge in [0.15, 0.2) is 0 Å². The summed E-state index contributed by atoms with van der Waals surface area (Å²) < 4.78 is 57.7. The third kappa shape index (κ3) is 9.67. The van der Waals surface area contributed by atoms with E-state index in [1.54, 1.807) is 54.6 Å². The molecule has 0 heterocycles. The summed E-state index contributed by atoms with van der Waals surface area (Å²) in [4.78, 5) is 0. The Balaban J connectivity index is 0.000000227. The van der Waals surface area contributed by atoms with Gasteiger partial charge < -0.3 is 9.47 Å². The Morgan fingerprint density at radius 2 is 0.830 bits per heavy atom. The van der Waals surface area contributed by atoms with Crippen molar-refractivity contribution in [1.82, 2.24) is 0 Å². The summed E-state index contributed by atoms with van der Waals surface area (Å²) in [7, 11) is 0. The topological polar surface area (TPSA) is 18.5 Å². The Bertz CT molecular complexity index is 1790. The molecule has 8 heteroatoms. The van der Waals surface area contributed by atoms with E-state index in [-0.39, 0.29) is 24.1 Å². The summed E-state index contributed by atoms with van der Waals surface area (Å²) in [5, 5.41) is 0. The van der Waals surface area contributed by atoms with Gasteiger partial charge in [0.2, 0.25) is 0 Å². The van der Waals surface area contributed by atoms with E-state index in [1.165, 1.54) is 18.2 Å². The number of hydrogen-bond acceptors (Lipinski definition) is 2. The summed E-state index contributed by atoms with van der Waals surface area (Å²) in [5.41, 5.74) is 2.88. The molecule has 47 heavy (non-hydrogen) atoms. The molecule has 0 aromatic heterocycles. The van der Waals surface area contributed by atoms with Crippen LogP contribution in [0.3, 0.4) is 0 Å². The first-order valence-corrected chi connectivity index (χ1v) is 16.9. The van der Waals surface area contributed by atoms with Crippen molar-refractivity contribution in [2.75, 3.05) is 0 Å². The van der Waals surface area contributed by atoms with Gasteiger partial charge in [-0.2, -0.15) is 0 Å². The van der Waals surface area contributed by atoms with Gasteiger partial charge in [-0.05, 0) is 77.9 Å². The van der Waals surface area contributed by atoms with Gasteiger partial charge in [-0.25, -0.2) is 13.2 Å². The van der Waals surface area contributed by atoms with Gasteiger partial charge in [-0.15, -0.1) is 0 Å². The number of benzene rings is 6. The lowest BCUT2D eigenvalue weighted by atomic mass is 9.97. The zero-order chi connectivity index (χ0) is 33.2. The number of hydrogen-bond donors (Lipinski definition) is 0. The van der Waals surface area contributed by atoms with E-state index >= 15 is 0 Å². The average molecular weight is 825 g/mol. The molecular weight excluding hydrogens is 797 g/mol. The van der Waals surface area contributed by atoms with Crippen LogP contribution in [0.5, 0.6) is 5.75 Å². The second-order valence-electron chi connectivity index (χ2n) is 10.4. The molecule has 0 aliphatic heterocycles. The van der Waals surface area contributed by atoms with Gasteiger partial charge in [0.1, 0.15) is 42.0 Å². The zero-order valence-corrected chi connectivity index (χ0v) is 29.6. The molecule has 0 spiro atoms. The monoisotopic (exact) mass is 822 g/mol. The lowest BCUT2D eigenvalue weighted by Gasteiger charge is -2.27. The van der Waals surface area contributed by atoms with Crippen LogP contribution >= 0.6 is 47.8 Å². The van der Waals surface area contributed by atoms with Gasteiger partial charge >= 0.3 is 0 Å². The minimum Gasteiger partial charge on any atom is -0.489 e. The fourth-order valence-electron chi connectivity index (χ4n) is 4.76. The molecule has 6 rings (SSSR count). The first-order valence-electron chi connectivity index (χ1n) is 14.6. The van der Waals surface area contributed by atoms with Crippen molar-refractivity contribution in [3.8, 4) is 5.75 Å². The Hall–Kier alpha value is -3.69. The van der Waals surface area contributed by atoms with Crippen molar-refractivity contribution in [2.45, 2.75) is 18.8 Å². The molecule has 0 radical (unpaired) electrons. The van der Waals surface area contributed by atoms with Crippen molar-refractivity contribution in [2.24, 2.45) is 0 Å². The second-order valence-corrected chi connectivity index (χ2v) is 13.1. The highest BCUT2D eigenvalue weighted by Crippen LogP contribution is 2.38. The molecule has 6 aromatic rings. The predicted molar refractivity (Wildman–Crippen MR) is 191 cm³/mol. The molecule has 2 unspecified atom stereocenters. The van der Waals surface area contributed by atoms with Gasteiger partial charge in [0, 0.05) is 30.1 Å². The van der Waals surface area contributed by atoms with Gasteiger partial charge in [-0.3, -0.25) is 0 Å². The van der Waals surface area contributed by atoms with E-state index in [0.717, 1.165) is 30.3 Å². The minimum absolute atomic E-state index is 0.236. The van der Waals surface area contributed by atoms with Crippen LogP contribution in [-0.2, 0) is 11.3 Å². The van der Waals surface area contributed by atoms with Gasteiger partial charge in [-0.1, -0.05) is 127 Å². The fraction of sp³-hybridized carbons (Fsp3) is 0.0769. The van der Waals surface area contributed by atoms with E-state index in [9.17, 15) is 13.2 Å². The van der Waals surface area contributed by atoms with E-state index in [4.69, 9.17) is 9.47 Å². The third-order valence-electron chi connectivity index (χ3n) is 7.16. The van der Waals surface area contributed by atoms with Crippen LogP contribution in [0.4, 0.5) is 13.2 Å². The standard InChI is InChI=1S/C26H18Br2F2O.C13H10BrFO/c27-19-13-9-17(10-14-19)25(21-5-1-3-7-23(21)29)31-26(18-11-15-20(28)16-12-18)22-6-2-4-8-24(22)30;14-11-5-7-12(8-6-11)16-9-10-3-1-2-4-13(10)15/h1-16,25-26H;1-8H,9H2. The maximum atomic E-state index is 14.8.